The Morgan fingerprint density at radius 1 is 0.756 bits per heavy atom. The quantitative estimate of drug-likeness (QED) is 0.215. The van der Waals surface area contributed by atoms with Crippen LogP contribution in [-0.2, 0) is 23.0 Å². The summed E-state index contributed by atoms with van der Waals surface area (Å²) in [5, 5.41) is 2.93. The van der Waals surface area contributed by atoms with Crippen LogP contribution in [0.4, 0.5) is 11.4 Å². The third-order valence-electron chi connectivity index (χ3n) is 6.60. The number of ether oxygens (including phenoxy) is 1. The zero-order chi connectivity index (χ0) is 28.7. The summed E-state index contributed by atoms with van der Waals surface area (Å²) in [4.78, 5) is 17.7. The molecule has 1 amide bonds. The molecule has 8 heteroatoms. The molecule has 1 heterocycles. The average molecular weight is 564 g/mol. The molecule has 0 aliphatic rings. The summed E-state index contributed by atoms with van der Waals surface area (Å²) in [5.41, 5.74) is 4.14. The molecule has 0 saturated heterocycles. The van der Waals surface area contributed by atoms with Crippen molar-refractivity contribution in [3.8, 4) is 5.75 Å². The first-order chi connectivity index (χ1) is 19.9. The van der Waals surface area contributed by atoms with Crippen molar-refractivity contribution in [1.29, 1.82) is 0 Å². The molecule has 0 radical (unpaired) electrons. The Labute approximate surface area is 240 Å². The Hall–Kier alpha value is -4.95. The molecular formula is C33H29N3O4S. The van der Waals surface area contributed by atoms with Gasteiger partial charge in [-0.15, -0.1) is 0 Å². The number of hydrogen-bond donors (Lipinski definition) is 1. The maximum atomic E-state index is 14.0. The number of aromatic nitrogens is 1. The Bertz CT molecular complexity index is 1710. The van der Waals surface area contributed by atoms with E-state index in [-0.39, 0.29) is 22.7 Å². The lowest BCUT2D eigenvalue weighted by atomic mass is 10.1. The number of sulfonamides is 1. The molecular weight excluding hydrogens is 534 g/mol. The van der Waals surface area contributed by atoms with Crippen LogP contribution in [0.15, 0.2) is 133 Å². The highest BCUT2D eigenvalue weighted by Crippen LogP contribution is 2.30. The smallest absolute Gasteiger partial charge is 0.264 e. The first-order valence-corrected chi connectivity index (χ1v) is 14.5. The van der Waals surface area contributed by atoms with Crippen LogP contribution in [-0.4, -0.2) is 26.4 Å². The minimum atomic E-state index is -4.05. The van der Waals surface area contributed by atoms with E-state index in [2.05, 4.69) is 10.3 Å². The van der Waals surface area contributed by atoms with Gasteiger partial charge in [-0.25, -0.2) is 8.42 Å². The number of carbonyl (C=O) groups excluding carboxylic acids is 1. The van der Waals surface area contributed by atoms with Crippen LogP contribution in [0.2, 0.25) is 0 Å². The summed E-state index contributed by atoms with van der Waals surface area (Å²) < 4.78 is 34.5. The number of pyridine rings is 1. The van der Waals surface area contributed by atoms with E-state index >= 15 is 0 Å². The Morgan fingerprint density at radius 2 is 1.39 bits per heavy atom. The number of nitrogens with zero attached hydrogens (tertiary/aromatic N) is 2. The zero-order valence-corrected chi connectivity index (χ0v) is 23.3. The number of anilines is 2. The van der Waals surface area contributed by atoms with Gasteiger partial charge in [-0.05, 0) is 83.8 Å². The van der Waals surface area contributed by atoms with Crippen molar-refractivity contribution in [1.82, 2.24) is 4.98 Å². The van der Waals surface area contributed by atoms with Crippen molar-refractivity contribution in [2.24, 2.45) is 0 Å². The van der Waals surface area contributed by atoms with Crippen molar-refractivity contribution < 1.29 is 17.9 Å². The molecule has 41 heavy (non-hydrogen) atoms. The van der Waals surface area contributed by atoms with E-state index < -0.39 is 15.9 Å². The highest BCUT2D eigenvalue weighted by atomic mass is 32.2. The standard InChI is InChI=1S/C33H29N3O4S/c1-40-29-15-17-30(18-16-29)41(38,39)36(24-27-7-3-2-4-8-27)32-10-6-5-9-31(32)33(37)35-28-13-11-25(12-14-28)23-26-19-21-34-22-20-26/h2-22H,23-24H2,1H3,(H,35,37). The fraction of sp³-hybridized carbons (Fsp3) is 0.0909. The predicted octanol–water partition coefficient (Wildman–Crippen LogP) is 6.33. The highest BCUT2D eigenvalue weighted by molar-refractivity contribution is 7.92. The largest absolute Gasteiger partial charge is 0.497 e. The summed E-state index contributed by atoms with van der Waals surface area (Å²) in [6, 6.07) is 33.7. The molecule has 0 aliphatic carbocycles. The van der Waals surface area contributed by atoms with Gasteiger partial charge in [0, 0.05) is 18.1 Å². The number of hydrogen-bond acceptors (Lipinski definition) is 5. The molecule has 0 bridgehead atoms. The van der Waals surface area contributed by atoms with E-state index in [0.29, 0.717) is 11.4 Å². The van der Waals surface area contributed by atoms with E-state index in [1.807, 2.05) is 66.7 Å². The van der Waals surface area contributed by atoms with E-state index in [4.69, 9.17) is 4.74 Å². The van der Waals surface area contributed by atoms with Crippen molar-refractivity contribution in [3.05, 3.63) is 150 Å². The molecule has 0 spiro atoms. The van der Waals surface area contributed by atoms with Gasteiger partial charge < -0.3 is 10.1 Å². The van der Waals surface area contributed by atoms with Crippen LogP contribution in [0, 0.1) is 0 Å². The second-order valence-corrected chi connectivity index (χ2v) is 11.2. The molecule has 0 saturated carbocycles. The summed E-state index contributed by atoms with van der Waals surface area (Å²) >= 11 is 0. The first-order valence-electron chi connectivity index (χ1n) is 13.0. The second-order valence-electron chi connectivity index (χ2n) is 9.37. The monoisotopic (exact) mass is 563 g/mol. The Kier molecular flexibility index (Phi) is 8.41. The lowest BCUT2D eigenvalue weighted by molar-refractivity contribution is 0.102. The number of carbonyl (C=O) groups is 1. The van der Waals surface area contributed by atoms with Crippen LogP contribution >= 0.6 is 0 Å². The third-order valence-corrected chi connectivity index (χ3v) is 8.38. The molecule has 0 unspecified atom stereocenters. The molecule has 5 rings (SSSR count). The van der Waals surface area contributed by atoms with Gasteiger partial charge in [-0.3, -0.25) is 14.1 Å². The molecule has 7 nitrogen and oxygen atoms in total. The molecule has 4 aromatic carbocycles. The maximum Gasteiger partial charge on any atom is 0.264 e. The molecule has 1 aromatic heterocycles. The van der Waals surface area contributed by atoms with Crippen LogP contribution < -0.4 is 14.4 Å². The fourth-order valence-electron chi connectivity index (χ4n) is 4.45. The lowest BCUT2D eigenvalue weighted by Gasteiger charge is -2.26. The van der Waals surface area contributed by atoms with Gasteiger partial charge in [0.05, 0.1) is 29.8 Å². The molecule has 0 fully saturated rings. The lowest BCUT2D eigenvalue weighted by Crippen LogP contribution is -2.32. The van der Waals surface area contributed by atoms with Crippen LogP contribution in [0.25, 0.3) is 0 Å². The summed E-state index contributed by atoms with van der Waals surface area (Å²) in [6.45, 7) is 0.0448. The van der Waals surface area contributed by atoms with E-state index in [1.54, 1.807) is 48.8 Å². The fourth-order valence-corrected chi connectivity index (χ4v) is 5.92. The van der Waals surface area contributed by atoms with Gasteiger partial charge in [0.1, 0.15) is 5.75 Å². The van der Waals surface area contributed by atoms with Crippen LogP contribution in [0.3, 0.4) is 0 Å². The first kappa shape index (κ1) is 27.6. The van der Waals surface area contributed by atoms with Gasteiger partial charge in [0.15, 0.2) is 0 Å². The highest BCUT2D eigenvalue weighted by Gasteiger charge is 2.28. The molecule has 1 N–H and O–H groups in total. The van der Waals surface area contributed by atoms with Crippen LogP contribution in [0.1, 0.15) is 27.0 Å². The molecule has 206 valence electrons. The van der Waals surface area contributed by atoms with Crippen LogP contribution in [0.5, 0.6) is 5.75 Å². The van der Waals surface area contributed by atoms with E-state index in [0.717, 1.165) is 23.1 Å². The van der Waals surface area contributed by atoms with Gasteiger partial charge in [-0.2, -0.15) is 0 Å². The van der Waals surface area contributed by atoms with Crippen molar-refractivity contribution >= 4 is 27.3 Å². The summed E-state index contributed by atoms with van der Waals surface area (Å²) in [7, 11) is -2.53. The summed E-state index contributed by atoms with van der Waals surface area (Å²) in [5.74, 6) is 0.135. The van der Waals surface area contributed by atoms with Crippen molar-refractivity contribution in [2.75, 3.05) is 16.7 Å². The zero-order valence-electron chi connectivity index (χ0n) is 22.5. The number of amides is 1. The predicted molar refractivity (Wildman–Crippen MR) is 161 cm³/mol. The van der Waals surface area contributed by atoms with Crippen molar-refractivity contribution in [3.63, 3.8) is 0 Å². The number of rotatable bonds is 10. The molecule has 0 atom stereocenters. The average Bonchev–Trinajstić information content (AvgIpc) is 3.02. The Morgan fingerprint density at radius 3 is 2.07 bits per heavy atom. The third kappa shape index (κ3) is 6.62. The SMILES string of the molecule is COc1ccc(S(=O)(=O)N(Cc2ccccc2)c2ccccc2C(=O)Nc2ccc(Cc3ccncc3)cc2)cc1. The number of para-hydroxylation sites is 1. The maximum absolute atomic E-state index is 14.0. The number of benzene rings is 4. The second kappa shape index (κ2) is 12.5. The Balaban J connectivity index is 1.45. The molecule has 0 aliphatic heterocycles. The van der Waals surface area contributed by atoms with Gasteiger partial charge in [-0.1, -0.05) is 54.6 Å². The summed E-state index contributed by atoms with van der Waals surface area (Å²) in [6.07, 6.45) is 4.27. The number of nitrogens with one attached hydrogen (secondary N) is 1. The van der Waals surface area contributed by atoms with Gasteiger partial charge >= 0.3 is 0 Å². The minimum absolute atomic E-state index is 0.0448. The van der Waals surface area contributed by atoms with Crippen molar-refractivity contribution in [2.45, 2.75) is 17.9 Å². The minimum Gasteiger partial charge on any atom is -0.497 e. The van der Waals surface area contributed by atoms with Gasteiger partial charge in [0.25, 0.3) is 15.9 Å². The van der Waals surface area contributed by atoms with Gasteiger partial charge in [0.2, 0.25) is 0 Å². The van der Waals surface area contributed by atoms with E-state index in [1.165, 1.54) is 23.5 Å². The molecule has 5 aromatic rings. The number of methoxy groups -OCH3 is 1. The normalized spacial score (nSPS) is 11.0. The topological polar surface area (TPSA) is 88.6 Å². The van der Waals surface area contributed by atoms with E-state index in [9.17, 15) is 13.2 Å².